The van der Waals surface area contributed by atoms with Crippen LogP contribution in [0.15, 0.2) is 64.2 Å². The summed E-state index contributed by atoms with van der Waals surface area (Å²) in [6, 6.07) is 17.4. The highest BCUT2D eigenvalue weighted by Gasteiger charge is 2.02. The predicted molar refractivity (Wildman–Crippen MR) is 82.6 cm³/mol. The number of aryl methyl sites for hydroxylation is 1. The highest BCUT2D eigenvalue weighted by molar-refractivity contribution is 9.10. The number of rotatable bonds is 5. The van der Waals surface area contributed by atoms with E-state index < -0.39 is 0 Å². The minimum Gasteiger partial charge on any atom is -0.318 e. The van der Waals surface area contributed by atoms with Gasteiger partial charge in [0, 0.05) is 4.47 Å². The number of benzene rings is 2. The summed E-state index contributed by atoms with van der Waals surface area (Å²) in [5, 5.41) is 3.69. The number of carbonyl (C=O) groups excluding carboxylic acids is 1. The van der Waals surface area contributed by atoms with Crippen LogP contribution in [0.5, 0.6) is 0 Å². The molecular formula is C16H14BrNO2. The van der Waals surface area contributed by atoms with Gasteiger partial charge in [0.15, 0.2) is 0 Å². The third kappa shape index (κ3) is 4.97. The molecule has 0 heterocycles. The van der Waals surface area contributed by atoms with Crippen LogP contribution in [0.25, 0.3) is 0 Å². The maximum Gasteiger partial charge on any atom is 0.335 e. The number of hydrogen-bond acceptors (Lipinski definition) is 3. The van der Waals surface area contributed by atoms with Crippen LogP contribution in [0.1, 0.15) is 17.5 Å². The molecule has 3 nitrogen and oxygen atoms in total. The first kappa shape index (κ1) is 14.5. The van der Waals surface area contributed by atoms with Gasteiger partial charge in [-0.3, -0.25) is 0 Å². The molecule has 2 rings (SSSR count). The lowest BCUT2D eigenvalue weighted by Gasteiger charge is -1.99. The molecule has 0 N–H and O–H groups in total. The lowest BCUT2D eigenvalue weighted by atomic mass is 10.1. The molecule has 102 valence electrons. The monoisotopic (exact) mass is 331 g/mol. The molecule has 0 unspecified atom stereocenters. The topological polar surface area (TPSA) is 38.7 Å². The van der Waals surface area contributed by atoms with Crippen molar-refractivity contribution in [3.63, 3.8) is 0 Å². The van der Waals surface area contributed by atoms with Gasteiger partial charge in [-0.05, 0) is 29.7 Å². The molecule has 0 aliphatic heterocycles. The number of hydrogen-bond donors (Lipinski definition) is 0. The van der Waals surface area contributed by atoms with Crippen LogP contribution in [0.2, 0.25) is 0 Å². The summed E-state index contributed by atoms with van der Waals surface area (Å²) in [4.78, 5) is 16.3. The van der Waals surface area contributed by atoms with Gasteiger partial charge in [-0.2, -0.15) is 0 Å². The number of halogens is 1. The van der Waals surface area contributed by atoms with Gasteiger partial charge in [-0.1, -0.05) is 63.6 Å². The Hall–Kier alpha value is -1.94. The molecule has 0 saturated heterocycles. The van der Waals surface area contributed by atoms with Crippen molar-refractivity contribution in [2.45, 2.75) is 12.8 Å². The second kappa shape index (κ2) is 7.60. The summed E-state index contributed by atoms with van der Waals surface area (Å²) in [6.45, 7) is 0. The number of nitrogens with zero attached hydrogens (tertiary/aromatic N) is 1. The molecule has 0 spiro atoms. The molecular weight excluding hydrogens is 318 g/mol. The Kier molecular flexibility index (Phi) is 5.50. The number of carbonyl (C=O) groups is 1. The van der Waals surface area contributed by atoms with Crippen molar-refractivity contribution in [3.05, 3.63) is 70.2 Å². The van der Waals surface area contributed by atoms with Gasteiger partial charge in [0.2, 0.25) is 0 Å². The highest BCUT2D eigenvalue weighted by atomic mass is 79.9. The molecule has 0 amide bonds. The minimum absolute atomic E-state index is 0.321. The Balaban J connectivity index is 1.76. The van der Waals surface area contributed by atoms with Crippen molar-refractivity contribution in [1.82, 2.24) is 0 Å². The van der Waals surface area contributed by atoms with Crippen LogP contribution < -0.4 is 0 Å². The molecule has 0 atom stereocenters. The molecule has 20 heavy (non-hydrogen) atoms. The van der Waals surface area contributed by atoms with E-state index in [-0.39, 0.29) is 5.97 Å². The lowest BCUT2D eigenvalue weighted by Crippen LogP contribution is -2.02. The highest BCUT2D eigenvalue weighted by Crippen LogP contribution is 2.09. The molecule has 2 aromatic rings. The summed E-state index contributed by atoms with van der Waals surface area (Å²) in [6.07, 6.45) is 2.50. The smallest absolute Gasteiger partial charge is 0.318 e. The van der Waals surface area contributed by atoms with Crippen LogP contribution >= 0.6 is 15.9 Å². The van der Waals surface area contributed by atoms with Gasteiger partial charge in [0.05, 0.1) is 12.6 Å². The fourth-order valence-corrected chi connectivity index (χ4v) is 1.90. The zero-order valence-corrected chi connectivity index (χ0v) is 12.4. The van der Waals surface area contributed by atoms with E-state index in [4.69, 9.17) is 4.84 Å². The maximum absolute atomic E-state index is 11.5. The second-order valence-electron chi connectivity index (χ2n) is 4.23. The first-order chi connectivity index (χ1) is 9.74. The molecule has 2 aromatic carbocycles. The van der Waals surface area contributed by atoms with Crippen LogP contribution in [-0.2, 0) is 16.1 Å². The van der Waals surface area contributed by atoms with E-state index >= 15 is 0 Å². The number of oxime groups is 1. The predicted octanol–water partition coefficient (Wildman–Crippen LogP) is 3.96. The van der Waals surface area contributed by atoms with Crippen LogP contribution in [0.3, 0.4) is 0 Å². The van der Waals surface area contributed by atoms with E-state index in [1.165, 1.54) is 6.21 Å². The van der Waals surface area contributed by atoms with E-state index in [1.54, 1.807) is 0 Å². The molecule has 4 heteroatoms. The van der Waals surface area contributed by atoms with Gasteiger partial charge in [0.25, 0.3) is 0 Å². The third-order valence-corrected chi connectivity index (χ3v) is 3.22. The van der Waals surface area contributed by atoms with Gasteiger partial charge in [-0.15, -0.1) is 0 Å². The first-order valence-electron chi connectivity index (χ1n) is 6.27. The normalized spacial score (nSPS) is 10.7. The summed E-state index contributed by atoms with van der Waals surface area (Å²) in [5.41, 5.74) is 1.99. The zero-order valence-electron chi connectivity index (χ0n) is 10.8. The van der Waals surface area contributed by atoms with E-state index in [9.17, 15) is 4.79 Å². The van der Waals surface area contributed by atoms with Crippen LogP contribution in [0, 0.1) is 0 Å². The largest absolute Gasteiger partial charge is 0.335 e. The Morgan fingerprint density at radius 2 is 1.80 bits per heavy atom. The fraction of sp³-hybridized carbons (Fsp3) is 0.125. The molecule has 0 saturated carbocycles. The third-order valence-electron chi connectivity index (χ3n) is 2.69. The molecule has 0 aromatic heterocycles. The van der Waals surface area contributed by atoms with Gasteiger partial charge >= 0.3 is 5.97 Å². The SMILES string of the molecule is O=C(CCc1ccccc1)O/N=C\c1ccc(Br)cc1. The Morgan fingerprint density at radius 3 is 2.50 bits per heavy atom. The van der Waals surface area contributed by atoms with Crippen molar-refractivity contribution in [1.29, 1.82) is 0 Å². The molecule has 0 bridgehead atoms. The molecule has 0 fully saturated rings. The quantitative estimate of drug-likeness (QED) is 0.472. The molecule has 0 aliphatic carbocycles. The molecule has 0 radical (unpaired) electrons. The minimum atomic E-state index is -0.331. The zero-order chi connectivity index (χ0) is 14.2. The summed E-state index contributed by atoms with van der Waals surface area (Å²) in [7, 11) is 0. The van der Waals surface area contributed by atoms with Gasteiger partial charge in [0.1, 0.15) is 0 Å². The average Bonchev–Trinajstić information content (AvgIpc) is 2.48. The summed E-state index contributed by atoms with van der Waals surface area (Å²) >= 11 is 3.35. The second-order valence-corrected chi connectivity index (χ2v) is 5.15. The Labute approximate surface area is 126 Å². The standard InChI is InChI=1S/C16H14BrNO2/c17-15-9-6-14(7-10-15)12-18-20-16(19)11-8-13-4-2-1-3-5-13/h1-7,9-10,12H,8,11H2/b18-12-. The summed E-state index contributed by atoms with van der Waals surface area (Å²) in [5.74, 6) is -0.331. The van der Waals surface area contributed by atoms with Crippen LogP contribution in [-0.4, -0.2) is 12.2 Å². The van der Waals surface area contributed by atoms with E-state index in [1.807, 2.05) is 54.6 Å². The average molecular weight is 332 g/mol. The van der Waals surface area contributed by atoms with E-state index in [0.717, 1.165) is 15.6 Å². The van der Waals surface area contributed by atoms with Crippen molar-refractivity contribution >= 4 is 28.1 Å². The van der Waals surface area contributed by atoms with Crippen molar-refractivity contribution in [2.24, 2.45) is 5.16 Å². The van der Waals surface area contributed by atoms with Gasteiger partial charge < -0.3 is 4.84 Å². The molecule has 0 aliphatic rings. The van der Waals surface area contributed by atoms with E-state index in [2.05, 4.69) is 21.1 Å². The lowest BCUT2D eigenvalue weighted by molar-refractivity contribution is -0.143. The van der Waals surface area contributed by atoms with Gasteiger partial charge in [-0.25, -0.2) is 4.79 Å². The first-order valence-corrected chi connectivity index (χ1v) is 7.06. The van der Waals surface area contributed by atoms with E-state index in [0.29, 0.717) is 12.8 Å². The Morgan fingerprint density at radius 1 is 1.10 bits per heavy atom. The summed E-state index contributed by atoms with van der Waals surface area (Å²) < 4.78 is 0.995. The fourth-order valence-electron chi connectivity index (χ4n) is 1.63. The maximum atomic E-state index is 11.5. The Bertz CT molecular complexity index is 579. The van der Waals surface area contributed by atoms with Crippen molar-refractivity contribution in [3.8, 4) is 0 Å². The van der Waals surface area contributed by atoms with Crippen LogP contribution in [0.4, 0.5) is 0 Å². The van der Waals surface area contributed by atoms with Crippen molar-refractivity contribution < 1.29 is 9.63 Å². The van der Waals surface area contributed by atoms with Crippen molar-refractivity contribution in [2.75, 3.05) is 0 Å².